The van der Waals surface area contributed by atoms with Crippen LogP contribution in [0.25, 0.3) is 0 Å². The maximum atomic E-state index is 11.4. The lowest BCUT2D eigenvalue weighted by Gasteiger charge is -2.21. The van der Waals surface area contributed by atoms with Crippen LogP contribution in [0.5, 0.6) is 0 Å². The van der Waals surface area contributed by atoms with E-state index in [4.69, 9.17) is 4.74 Å². The number of carbonyl (C=O) groups is 2. The van der Waals surface area contributed by atoms with Gasteiger partial charge in [0.15, 0.2) is 0 Å². The zero-order valence-corrected chi connectivity index (χ0v) is 10.1. The standard InChI is InChI=1S/C10H20N2O3/c1-8(2)12(5)10(14)7-15-6-9(13)11(3)4/h8H,6-7H2,1-5H3. The molecule has 0 saturated carbocycles. The number of likely N-dealkylation sites (N-methyl/N-ethyl adjacent to an activating group) is 2. The molecule has 15 heavy (non-hydrogen) atoms. The molecule has 0 aromatic heterocycles. The van der Waals surface area contributed by atoms with E-state index in [0.717, 1.165) is 0 Å². The average molecular weight is 216 g/mol. The van der Waals surface area contributed by atoms with Crippen molar-refractivity contribution in [3.63, 3.8) is 0 Å². The molecule has 0 fully saturated rings. The van der Waals surface area contributed by atoms with Crippen LogP contribution >= 0.6 is 0 Å². The lowest BCUT2D eigenvalue weighted by atomic mass is 10.3. The van der Waals surface area contributed by atoms with Gasteiger partial charge in [-0.3, -0.25) is 9.59 Å². The molecule has 0 N–H and O–H groups in total. The van der Waals surface area contributed by atoms with E-state index >= 15 is 0 Å². The molecule has 0 unspecified atom stereocenters. The molecule has 5 heteroatoms. The first-order chi connectivity index (χ1) is 6.86. The van der Waals surface area contributed by atoms with Gasteiger partial charge in [-0.25, -0.2) is 0 Å². The Kier molecular flexibility index (Phi) is 5.93. The molecule has 0 radical (unpaired) electrons. The largest absolute Gasteiger partial charge is 0.362 e. The number of ether oxygens (including phenoxy) is 1. The van der Waals surface area contributed by atoms with Gasteiger partial charge in [0, 0.05) is 27.2 Å². The van der Waals surface area contributed by atoms with Gasteiger partial charge in [0.2, 0.25) is 11.8 Å². The van der Waals surface area contributed by atoms with E-state index in [1.54, 1.807) is 26.0 Å². The van der Waals surface area contributed by atoms with Crippen LogP contribution in [0.1, 0.15) is 13.8 Å². The minimum atomic E-state index is -0.144. The molecule has 0 aliphatic rings. The molecule has 0 rings (SSSR count). The smallest absolute Gasteiger partial charge is 0.248 e. The second-order valence-electron chi connectivity index (χ2n) is 3.88. The molecule has 2 amide bonds. The zero-order chi connectivity index (χ0) is 12.0. The Bertz CT molecular complexity index is 227. The third-order valence-corrected chi connectivity index (χ3v) is 2.12. The Morgan fingerprint density at radius 2 is 1.53 bits per heavy atom. The van der Waals surface area contributed by atoms with E-state index in [0.29, 0.717) is 0 Å². The molecule has 5 nitrogen and oxygen atoms in total. The maximum Gasteiger partial charge on any atom is 0.248 e. The highest BCUT2D eigenvalue weighted by Crippen LogP contribution is 1.94. The van der Waals surface area contributed by atoms with Gasteiger partial charge in [-0.1, -0.05) is 0 Å². The molecule has 0 heterocycles. The van der Waals surface area contributed by atoms with Crippen LogP contribution in [0.4, 0.5) is 0 Å². The van der Waals surface area contributed by atoms with E-state index in [2.05, 4.69) is 0 Å². The normalized spacial score (nSPS) is 10.3. The minimum absolute atomic E-state index is 0.0474. The van der Waals surface area contributed by atoms with Crippen molar-refractivity contribution in [2.45, 2.75) is 19.9 Å². The summed E-state index contributed by atoms with van der Waals surface area (Å²) < 4.78 is 5.01. The number of carbonyl (C=O) groups excluding carboxylic acids is 2. The van der Waals surface area contributed by atoms with Gasteiger partial charge in [0.25, 0.3) is 0 Å². The number of amides is 2. The van der Waals surface area contributed by atoms with Crippen LogP contribution in [0.2, 0.25) is 0 Å². The summed E-state index contributed by atoms with van der Waals surface area (Å²) in [6, 6.07) is 0.144. The third-order valence-electron chi connectivity index (χ3n) is 2.12. The Morgan fingerprint density at radius 1 is 1.07 bits per heavy atom. The van der Waals surface area contributed by atoms with Crippen LogP contribution in [0, 0.1) is 0 Å². The number of hydrogen-bond acceptors (Lipinski definition) is 3. The third kappa shape index (κ3) is 5.37. The topological polar surface area (TPSA) is 49.9 Å². The van der Waals surface area contributed by atoms with E-state index in [-0.39, 0.29) is 31.1 Å². The highest BCUT2D eigenvalue weighted by molar-refractivity contribution is 5.79. The molecular formula is C10H20N2O3. The first-order valence-corrected chi connectivity index (χ1v) is 4.89. The fourth-order valence-corrected chi connectivity index (χ4v) is 0.745. The van der Waals surface area contributed by atoms with E-state index < -0.39 is 0 Å². The molecule has 0 aromatic carbocycles. The summed E-state index contributed by atoms with van der Waals surface area (Å²) in [6.07, 6.45) is 0. The highest BCUT2D eigenvalue weighted by atomic mass is 16.5. The van der Waals surface area contributed by atoms with Gasteiger partial charge in [-0.2, -0.15) is 0 Å². The fourth-order valence-electron chi connectivity index (χ4n) is 0.745. The summed E-state index contributed by atoms with van der Waals surface area (Å²) in [5.41, 5.74) is 0. The Balaban J connectivity index is 3.78. The molecule has 0 spiro atoms. The predicted octanol–water partition coefficient (Wildman–Crippen LogP) is -0.0420. The van der Waals surface area contributed by atoms with Crippen molar-refractivity contribution in [1.82, 2.24) is 9.80 Å². The van der Waals surface area contributed by atoms with E-state index in [9.17, 15) is 9.59 Å². The lowest BCUT2D eigenvalue weighted by molar-refractivity contribution is -0.140. The highest BCUT2D eigenvalue weighted by Gasteiger charge is 2.12. The molecule has 0 aromatic rings. The minimum Gasteiger partial charge on any atom is -0.362 e. The summed E-state index contributed by atoms with van der Waals surface area (Å²) in [4.78, 5) is 25.5. The summed E-state index contributed by atoms with van der Waals surface area (Å²) in [6.45, 7) is 3.74. The van der Waals surface area contributed by atoms with Gasteiger partial charge in [-0.15, -0.1) is 0 Å². The van der Waals surface area contributed by atoms with Crippen LogP contribution in [0.3, 0.4) is 0 Å². The van der Waals surface area contributed by atoms with Crippen LogP contribution in [0.15, 0.2) is 0 Å². The predicted molar refractivity (Wildman–Crippen MR) is 57.4 cm³/mol. The van der Waals surface area contributed by atoms with Crippen LogP contribution in [-0.4, -0.2) is 62.0 Å². The van der Waals surface area contributed by atoms with Crippen molar-refractivity contribution in [3.05, 3.63) is 0 Å². The Labute approximate surface area is 91.0 Å². The van der Waals surface area contributed by atoms with Crippen LogP contribution < -0.4 is 0 Å². The summed E-state index contributed by atoms with van der Waals surface area (Å²) in [7, 11) is 5.01. The molecule has 0 atom stereocenters. The fraction of sp³-hybridized carbons (Fsp3) is 0.800. The van der Waals surface area contributed by atoms with Gasteiger partial charge in [-0.05, 0) is 13.8 Å². The first-order valence-electron chi connectivity index (χ1n) is 4.89. The van der Waals surface area contributed by atoms with Crippen molar-refractivity contribution < 1.29 is 14.3 Å². The van der Waals surface area contributed by atoms with Crippen LogP contribution in [-0.2, 0) is 14.3 Å². The quantitative estimate of drug-likeness (QED) is 0.648. The lowest BCUT2D eigenvalue weighted by Crippen LogP contribution is -2.36. The molecule has 0 saturated heterocycles. The van der Waals surface area contributed by atoms with Crippen molar-refractivity contribution in [2.24, 2.45) is 0 Å². The second-order valence-corrected chi connectivity index (χ2v) is 3.88. The number of hydrogen-bond donors (Lipinski definition) is 0. The number of nitrogens with zero attached hydrogens (tertiary/aromatic N) is 2. The maximum absolute atomic E-state index is 11.4. The molecule has 0 bridgehead atoms. The van der Waals surface area contributed by atoms with Gasteiger partial charge < -0.3 is 14.5 Å². The van der Waals surface area contributed by atoms with Crippen molar-refractivity contribution in [3.8, 4) is 0 Å². The van der Waals surface area contributed by atoms with Crippen molar-refractivity contribution in [1.29, 1.82) is 0 Å². The summed E-state index contributed by atoms with van der Waals surface area (Å²) >= 11 is 0. The SMILES string of the molecule is CC(C)N(C)C(=O)COCC(=O)N(C)C. The van der Waals surface area contributed by atoms with E-state index in [1.165, 1.54) is 4.90 Å². The van der Waals surface area contributed by atoms with Gasteiger partial charge in [0.05, 0.1) is 0 Å². The van der Waals surface area contributed by atoms with Crippen molar-refractivity contribution >= 4 is 11.8 Å². The zero-order valence-electron chi connectivity index (χ0n) is 10.1. The average Bonchev–Trinajstić information content (AvgIpc) is 2.15. The van der Waals surface area contributed by atoms with Gasteiger partial charge >= 0.3 is 0 Å². The molecule has 0 aliphatic heterocycles. The summed E-state index contributed by atoms with van der Waals surface area (Å²) in [5, 5.41) is 0. The second kappa shape index (κ2) is 6.40. The monoisotopic (exact) mass is 216 g/mol. The first kappa shape index (κ1) is 13.9. The molecular weight excluding hydrogens is 196 g/mol. The Morgan fingerprint density at radius 3 is 1.93 bits per heavy atom. The summed E-state index contributed by atoms with van der Waals surface area (Å²) in [5.74, 6) is -0.258. The van der Waals surface area contributed by atoms with Crippen molar-refractivity contribution in [2.75, 3.05) is 34.4 Å². The molecule has 0 aliphatic carbocycles. The molecule has 88 valence electrons. The Hall–Kier alpha value is -1.10. The number of rotatable bonds is 5. The van der Waals surface area contributed by atoms with E-state index in [1.807, 2.05) is 13.8 Å². The van der Waals surface area contributed by atoms with Gasteiger partial charge in [0.1, 0.15) is 13.2 Å².